The first-order valence-corrected chi connectivity index (χ1v) is 6.90. The van der Waals surface area contributed by atoms with Gasteiger partial charge in [-0.1, -0.05) is 0 Å². The van der Waals surface area contributed by atoms with Gasteiger partial charge >= 0.3 is 0 Å². The van der Waals surface area contributed by atoms with Gasteiger partial charge in [-0.2, -0.15) is 0 Å². The van der Waals surface area contributed by atoms with Gasteiger partial charge < -0.3 is 15.1 Å². The van der Waals surface area contributed by atoms with Crippen LogP contribution < -0.4 is 10.6 Å². The summed E-state index contributed by atoms with van der Waals surface area (Å²) in [5, 5.41) is 6.66. The molecule has 0 bridgehead atoms. The molecule has 2 aromatic heterocycles. The number of nitrogens with one attached hydrogen (secondary N) is 2. The molecule has 5 nitrogen and oxygen atoms in total. The Bertz CT molecular complexity index is 548. The molecule has 2 rings (SSSR count). The molecule has 2 N–H and O–H groups in total. The van der Waals surface area contributed by atoms with Gasteiger partial charge in [-0.15, -0.1) is 11.3 Å². The minimum Gasteiger partial charge on any atom is -0.462 e. The maximum absolute atomic E-state index is 12.0. The van der Waals surface area contributed by atoms with Crippen LogP contribution in [0.4, 0.5) is 0 Å². The van der Waals surface area contributed by atoms with E-state index in [1.807, 2.05) is 27.0 Å². The van der Waals surface area contributed by atoms with Gasteiger partial charge in [-0.3, -0.25) is 4.79 Å². The van der Waals surface area contributed by atoms with Crippen LogP contribution in [0.5, 0.6) is 0 Å². The highest BCUT2D eigenvalue weighted by Crippen LogP contribution is 2.27. The number of hydrogen-bond acceptors (Lipinski definition) is 5. The summed E-state index contributed by atoms with van der Waals surface area (Å²) in [6.45, 7) is 4.46. The highest BCUT2D eigenvalue weighted by atomic mass is 32.1. The topological polar surface area (TPSA) is 67.2 Å². The van der Waals surface area contributed by atoms with Crippen molar-refractivity contribution in [2.24, 2.45) is 0 Å². The standard InChI is InChI=1S/C13H17N3O2S/c1-8(14-3)7-15-12(17)11-9(2)19-13(16-11)10-5-4-6-18-10/h4-6,8,14H,7H2,1-3H3,(H,15,17). The predicted molar refractivity (Wildman–Crippen MR) is 75.4 cm³/mol. The SMILES string of the molecule is CNC(C)CNC(=O)c1nc(-c2ccco2)sc1C. The summed E-state index contributed by atoms with van der Waals surface area (Å²) in [6.07, 6.45) is 1.60. The number of hydrogen-bond donors (Lipinski definition) is 2. The third-order valence-corrected chi connectivity index (χ3v) is 3.79. The Morgan fingerprint density at radius 2 is 2.37 bits per heavy atom. The summed E-state index contributed by atoms with van der Waals surface area (Å²) in [7, 11) is 1.86. The molecule has 0 fully saturated rings. The summed E-state index contributed by atoms with van der Waals surface area (Å²) in [5.74, 6) is 0.546. The summed E-state index contributed by atoms with van der Waals surface area (Å²) in [6, 6.07) is 3.87. The van der Waals surface area contributed by atoms with Gasteiger partial charge in [0.05, 0.1) is 6.26 Å². The van der Waals surface area contributed by atoms with Crippen LogP contribution in [-0.4, -0.2) is 30.5 Å². The smallest absolute Gasteiger partial charge is 0.271 e. The fraction of sp³-hybridized carbons (Fsp3) is 0.385. The zero-order valence-electron chi connectivity index (χ0n) is 11.2. The van der Waals surface area contributed by atoms with Crippen LogP contribution in [0.1, 0.15) is 22.3 Å². The second-order valence-corrected chi connectivity index (χ2v) is 5.50. The highest BCUT2D eigenvalue weighted by molar-refractivity contribution is 7.15. The van der Waals surface area contributed by atoms with Crippen molar-refractivity contribution in [1.29, 1.82) is 0 Å². The van der Waals surface area contributed by atoms with E-state index in [1.54, 1.807) is 12.3 Å². The van der Waals surface area contributed by atoms with Gasteiger partial charge in [0, 0.05) is 17.5 Å². The molecular formula is C13H17N3O2S. The molecule has 1 unspecified atom stereocenters. The average Bonchev–Trinajstić information content (AvgIpc) is 3.04. The molecule has 1 amide bonds. The summed E-state index contributed by atoms with van der Waals surface area (Å²) >= 11 is 1.46. The zero-order chi connectivity index (χ0) is 13.8. The van der Waals surface area contributed by atoms with Gasteiger partial charge in [0.1, 0.15) is 5.69 Å². The van der Waals surface area contributed by atoms with Crippen molar-refractivity contribution in [2.45, 2.75) is 19.9 Å². The number of aromatic nitrogens is 1. The Hall–Kier alpha value is -1.66. The third kappa shape index (κ3) is 3.21. The van der Waals surface area contributed by atoms with E-state index in [-0.39, 0.29) is 11.9 Å². The van der Waals surface area contributed by atoms with E-state index >= 15 is 0 Å². The lowest BCUT2D eigenvalue weighted by Crippen LogP contribution is -2.37. The maximum Gasteiger partial charge on any atom is 0.271 e. The largest absolute Gasteiger partial charge is 0.462 e. The first-order chi connectivity index (χ1) is 9.11. The number of carbonyl (C=O) groups is 1. The average molecular weight is 279 g/mol. The van der Waals surface area contributed by atoms with E-state index in [9.17, 15) is 4.79 Å². The van der Waals surface area contributed by atoms with E-state index in [0.717, 1.165) is 9.88 Å². The minimum atomic E-state index is -0.145. The number of carbonyl (C=O) groups excluding carboxylic acids is 1. The van der Waals surface area contributed by atoms with Gasteiger partial charge in [0.2, 0.25) is 0 Å². The Labute approximate surface area is 116 Å². The minimum absolute atomic E-state index is 0.145. The number of thiazole rings is 1. The Balaban J connectivity index is 2.10. The van der Waals surface area contributed by atoms with Crippen LogP contribution in [0, 0.1) is 6.92 Å². The van der Waals surface area contributed by atoms with Gasteiger partial charge in [0.15, 0.2) is 10.8 Å². The van der Waals surface area contributed by atoms with Crippen LogP contribution in [0.15, 0.2) is 22.8 Å². The van der Waals surface area contributed by atoms with Crippen LogP contribution in [0.3, 0.4) is 0 Å². The van der Waals surface area contributed by atoms with E-state index in [2.05, 4.69) is 15.6 Å². The summed E-state index contributed by atoms with van der Waals surface area (Å²) in [4.78, 5) is 17.3. The third-order valence-electron chi connectivity index (χ3n) is 2.81. The van der Waals surface area contributed by atoms with E-state index in [1.165, 1.54) is 11.3 Å². The molecule has 102 valence electrons. The molecule has 0 aromatic carbocycles. The molecular weight excluding hydrogens is 262 g/mol. The van der Waals surface area contributed by atoms with Crippen molar-refractivity contribution in [3.63, 3.8) is 0 Å². The van der Waals surface area contributed by atoms with E-state index < -0.39 is 0 Å². The van der Waals surface area contributed by atoms with Crippen LogP contribution in [0.2, 0.25) is 0 Å². The van der Waals surface area contributed by atoms with E-state index in [0.29, 0.717) is 18.0 Å². The lowest BCUT2D eigenvalue weighted by Gasteiger charge is -2.10. The monoisotopic (exact) mass is 279 g/mol. The van der Waals surface area contributed by atoms with Gasteiger partial charge in [-0.05, 0) is 33.0 Å². The van der Waals surface area contributed by atoms with Crippen molar-refractivity contribution in [3.05, 3.63) is 29.0 Å². The molecule has 2 heterocycles. The van der Waals surface area contributed by atoms with Gasteiger partial charge in [-0.25, -0.2) is 4.98 Å². The van der Waals surface area contributed by atoms with Crippen molar-refractivity contribution in [3.8, 4) is 10.8 Å². The molecule has 0 aliphatic carbocycles. The molecule has 2 aromatic rings. The predicted octanol–water partition coefficient (Wildman–Crippen LogP) is 2.05. The van der Waals surface area contributed by atoms with Crippen molar-refractivity contribution in [1.82, 2.24) is 15.6 Å². The number of amides is 1. The second-order valence-electron chi connectivity index (χ2n) is 4.30. The maximum atomic E-state index is 12.0. The number of furan rings is 1. The number of nitrogens with zero attached hydrogens (tertiary/aromatic N) is 1. The summed E-state index contributed by atoms with van der Waals surface area (Å²) < 4.78 is 5.29. The number of likely N-dealkylation sites (N-methyl/N-ethyl adjacent to an activating group) is 1. The lowest BCUT2D eigenvalue weighted by molar-refractivity contribution is 0.0946. The molecule has 0 saturated carbocycles. The second kappa shape index (κ2) is 5.99. The van der Waals surface area contributed by atoms with Gasteiger partial charge in [0.25, 0.3) is 5.91 Å². The molecule has 0 spiro atoms. The molecule has 19 heavy (non-hydrogen) atoms. The van der Waals surface area contributed by atoms with Crippen LogP contribution in [-0.2, 0) is 0 Å². The quantitative estimate of drug-likeness (QED) is 0.879. The summed E-state index contributed by atoms with van der Waals surface area (Å²) in [5.41, 5.74) is 0.472. The molecule has 0 saturated heterocycles. The lowest BCUT2D eigenvalue weighted by atomic mass is 10.3. The van der Waals surface area contributed by atoms with Crippen molar-refractivity contribution >= 4 is 17.2 Å². The normalized spacial score (nSPS) is 12.4. The zero-order valence-corrected chi connectivity index (χ0v) is 12.0. The highest BCUT2D eigenvalue weighted by Gasteiger charge is 2.17. The van der Waals surface area contributed by atoms with Crippen molar-refractivity contribution < 1.29 is 9.21 Å². The molecule has 0 aliphatic heterocycles. The number of aryl methyl sites for hydroxylation is 1. The fourth-order valence-electron chi connectivity index (χ4n) is 1.54. The molecule has 0 radical (unpaired) electrons. The molecule has 1 atom stereocenters. The Kier molecular flexibility index (Phi) is 4.34. The fourth-order valence-corrected chi connectivity index (χ4v) is 2.42. The Morgan fingerprint density at radius 1 is 1.58 bits per heavy atom. The number of rotatable bonds is 5. The first kappa shape index (κ1) is 13.8. The Morgan fingerprint density at radius 3 is 3.00 bits per heavy atom. The molecule has 0 aliphatic rings. The first-order valence-electron chi connectivity index (χ1n) is 6.08. The van der Waals surface area contributed by atoms with Crippen LogP contribution in [0.25, 0.3) is 10.8 Å². The molecule has 6 heteroatoms. The van der Waals surface area contributed by atoms with Crippen molar-refractivity contribution in [2.75, 3.05) is 13.6 Å². The van der Waals surface area contributed by atoms with E-state index in [4.69, 9.17) is 4.42 Å². The van der Waals surface area contributed by atoms with Crippen LogP contribution >= 0.6 is 11.3 Å².